The van der Waals surface area contributed by atoms with Crippen LogP contribution in [0.1, 0.15) is 28.3 Å². The van der Waals surface area contributed by atoms with Crippen LogP contribution < -0.4 is 4.90 Å². The van der Waals surface area contributed by atoms with E-state index in [0.29, 0.717) is 5.56 Å². The molecule has 6 rings (SSSR count). The van der Waals surface area contributed by atoms with Gasteiger partial charge in [-0.25, -0.2) is 4.98 Å². The summed E-state index contributed by atoms with van der Waals surface area (Å²) in [6, 6.07) is 31.7. The first-order valence-corrected chi connectivity index (χ1v) is 12.6. The lowest BCUT2D eigenvalue weighted by atomic mass is 9.96. The van der Waals surface area contributed by atoms with Crippen LogP contribution in [0.5, 0.6) is 0 Å². The Kier molecular flexibility index (Phi) is 5.85. The van der Waals surface area contributed by atoms with Crippen molar-refractivity contribution in [3.05, 3.63) is 112 Å². The van der Waals surface area contributed by atoms with Crippen LogP contribution in [0.4, 0.5) is 5.82 Å². The van der Waals surface area contributed by atoms with E-state index in [1.807, 2.05) is 37.3 Å². The highest BCUT2D eigenvalue weighted by Gasteiger charge is 2.28. The Morgan fingerprint density at radius 1 is 0.861 bits per heavy atom. The number of benzene rings is 3. The number of nitrogens with zero attached hydrogens (tertiary/aromatic N) is 5. The maximum absolute atomic E-state index is 9.84. The number of hydrogen-bond acceptors (Lipinski definition) is 4. The molecule has 6 heteroatoms. The van der Waals surface area contributed by atoms with Crippen molar-refractivity contribution in [3.8, 4) is 6.07 Å². The first-order chi connectivity index (χ1) is 17.6. The van der Waals surface area contributed by atoms with E-state index < -0.39 is 0 Å². The first-order valence-electron chi connectivity index (χ1n) is 12.2. The number of fused-ring (bicyclic) bond motifs is 3. The second-order valence-electron chi connectivity index (χ2n) is 9.32. The van der Waals surface area contributed by atoms with Crippen LogP contribution in [0.25, 0.3) is 16.7 Å². The smallest absolute Gasteiger partial charge is 0.157 e. The molecule has 178 valence electrons. The fourth-order valence-electron chi connectivity index (χ4n) is 5.41. The lowest BCUT2D eigenvalue weighted by Gasteiger charge is -2.41. The number of para-hydroxylation sites is 2. The molecule has 0 radical (unpaired) electrons. The minimum Gasteiger partial charge on any atom is -0.355 e. The van der Waals surface area contributed by atoms with Gasteiger partial charge in [0.15, 0.2) is 5.65 Å². The van der Waals surface area contributed by atoms with Crippen LogP contribution >= 0.6 is 11.6 Å². The van der Waals surface area contributed by atoms with Gasteiger partial charge in [0, 0.05) is 31.2 Å². The molecule has 0 bridgehead atoms. The number of hydrogen-bond donors (Lipinski definition) is 0. The summed E-state index contributed by atoms with van der Waals surface area (Å²) in [5, 5.41) is 10.6. The van der Waals surface area contributed by atoms with Crippen molar-refractivity contribution in [2.75, 3.05) is 31.1 Å². The van der Waals surface area contributed by atoms with Crippen molar-refractivity contribution in [2.24, 2.45) is 0 Å². The second-order valence-corrected chi connectivity index (χ2v) is 9.76. The van der Waals surface area contributed by atoms with Crippen LogP contribution in [0, 0.1) is 18.3 Å². The van der Waals surface area contributed by atoms with Gasteiger partial charge in [0.1, 0.15) is 11.9 Å². The minimum absolute atomic E-state index is 0.169. The Labute approximate surface area is 215 Å². The lowest BCUT2D eigenvalue weighted by molar-refractivity contribution is 0.212. The van der Waals surface area contributed by atoms with E-state index in [4.69, 9.17) is 16.6 Å². The maximum atomic E-state index is 9.84. The van der Waals surface area contributed by atoms with Crippen LogP contribution in [0.2, 0.25) is 5.02 Å². The van der Waals surface area contributed by atoms with E-state index in [9.17, 15) is 5.26 Å². The molecular weight excluding hydrogens is 466 g/mol. The fraction of sp³-hybridized carbons (Fsp3) is 0.200. The summed E-state index contributed by atoms with van der Waals surface area (Å²) in [4.78, 5) is 9.80. The highest BCUT2D eigenvalue weighted by Crippen LogP contribution is 2.33. The van der Waals surface area contributed by atoms with Gasteiger partial charge in [-0.15, -0.1) is 0 Å². The number of aromatic nitrogens is 2. The Morgan fingerprint density at radius 3 is 2.25 bits per heavy atom. The summed E-state index contributed by atoms with van der Waals surface area (Å²) in [7, 11) is 0. The third-order valence-corrected chi connectivity index (χ3v) is 7.42. The van der Waals surface area contributed by atoms with Crippen molar-refractivity contribution in [1.82, 2.24) is 14.3 Å². The van der Waals surface area contributed by atoms with E-state index >= 15 is 0 Å². The number of rotatable bonds is 4. The summed E-state index contributed by atoms with van der Waals surface area (Å²) in [5.74, 6) is 1.10. The Balaban J connectivity index is 1.36. The van der Waals surface area contributed by atoms with Crippen molar-refractivity contribution in [1.29, 1.82) is 5.26 Å². The molecule has 1 aliphatic heterocycles. The van der Waals surface area contributed by atoms with E-state index in [-0.39, 0.29) is 6.04 Å². The van der Waals surface area contributed by atoms with Crippen LogP contribution in [-0.2, 0) is 0 Å². The van der Waals surface area contributed by atoms with Crippen LogP contribution in [0.3, 0.4) is 0 Å². The third-order valence-electron chi connectivity index (χ3n) is 7.17. The van der Waals surface area contributed by atoms with Crippen molar-refractivity contribution in [3.63, 3.8) is 0 Å². The van der Waals surface area contributed by atoms with Gasteiger partial charge < -0.3 is 4.90 Å². The van der Waals surface area contributed by atoms with Gasteiger partial charge in [-0.2, -0.15) is 5.26 Å². The van der Waals surface area contributed by atoms with Crippen LogP contribution in [-0.4, -0.2) is 40.5 Å². The molecule has 1 atom stereocenters. The van der Waals surface area contributed by atoms with E-state index in [2.05, 4.69) is 74.9 Å². The highest BCUT2D eigenvalue weighted by molar-refractivity contribution is 6.30. The third kappa shape index (κ3) is 3.89. The summed E-state index contributed by atoms with van der Waals surface area (Å²) in [6.45, 7) is 5.59. The number of nitriles is 1. The van der Waals surface area contributed by atoms with E-state index in [1.54, 1.807) is 0 Å². The molecule has 1 aliphatic rings. The second kappa shape index (κ2) is 9.31. The first kappa shape index (κ1) is 22.6. The molecule has 0 unspecified atom stereocenters. The molecule has 0 saturated carbocycles. The van der Waals surface area contributed by atoms with Crippen molar-refractivity contribution < 1.29 is 0 Å². The topological polar surface area (TPSA) is 47.6 Å². The number of pyridine rings is 1. The monoisotopic (exact) mass is 491 g/mol. The summed E-state index contributed by atoms with van der Waals surface area (Å²) >= 11 is 6.20. The van der Waals surface area contributed by atoms with Crippen molar-refractivity contribution in [2.45, 2.75) is 13.0 Å². The standard InChI is InChI=1S/C30H26ClN5/c1-21-19-28(36-27-10-6-5-9-26(27)33-30(36)25(21)20-32)34-15-17-35(18-16-34)29(22-7-3-2-4-8-22)23-11-13-24(31)14-12-23/h2-14,19,29H,15-18H2,1H3/t29-/m0/s1. The lowest BCUT2D eigenvalue weighted by Crippen LogP contribution is -2.48. The van der Waals surface area contributed by atoms with Gasteiger partial charge in [-0.1, -0.05) is 66.2 Å². The molecule has 0 aliphatic carbocycles. The quantitative estimate of drug-likeness (QED) is 0.299. The van der Waals surface area contributed by atoms with Gasteiger partial charge in [0.2, 0.25) is 0 Å². The SMILES string of the molecule is Cc1cc(N2CCN([C@@H](c3ccccc3)c3ccc(Cl)cc3)CC2)n2c(nc3ccccc32)c1C#N. The summed E-state index contributed by atoms with van der Waals surface area (Å²) < 4.78 is 2.16. The molecule has 3 aromatic carbocycles. The molecule has 5 aromatic rings. The number of imidazole rings is 1. The molecule has 0 spiro atoms. The predicted octanol–water partition coefficient (Wildman–Crippen LogP) is 6.23. The van der Waals surface area contributed by atoms with Gasteiger partial charge in [-0.05, 0) is 53.9 Å². The molecule has 36 heavy (non-hydrogen) atoms. The van der Waals surface area contributed by atoms with E-state index in [0.717, 1.165) is 59.3 Å². The van der Waals surface area contributed by atoms with Gasteiger partial charge >= 0.3 is 0 Å². The molecule has 0 amide bonds. The highest BCUT2D eigenvalue weighted by atomic mass is 35.5. The van der Waals surface area contributed by atoms with Gasteiger partial charge in [0.25, 0.3) is 0 Å². The van der Waals surface area contributed by atoms with Crippen molar-refractivity contribution >= 4 is 34.1 Å². The minimum atomic E-state index is 0.169. The predicted molar refractivity (Wildman–Crippen MR) is 146 cm³/mol. The molecule has 2 aromatic heterocycles. The molecule has 0 N–H and O–H groups in total. The summed E-state index contributed by atoms with van der Waals surface area (Å²) in [6.07, 6.45) is 0. The van der Waals surface area contributed by atoms with Gasteiger partial charge in [0.05, 0.1) is 22.6 Å². The average molecular weight is 492 g/mol. The van der Waals surface area contributed by atoms with Gasteiger partial charge in [-0.3, -0.25) is 9.30 Å². The van der Waals surface area contributed by atoms with Crippen LogP contribution in [0.15, 0.2) is 84.9 Å². The molecule has 5 nitrogen and oxygen atoms in total. The number of piperazine rings is 1. The zero-order valence-corrected chi connectivity index (χ0v) is 20.9. The number of aryl methyl sites for hydroxylation is 1. The average Bonchev–Trinajstić information content (AvgIpc) is 3.30. The summed E-state index contributed by atoms with van der Waals surface area (Å²) in [5.41, 5.74) is 6.80. The Bertz CT molecular complexity index is 1580. The Hall–Kier alpha value is -3.85. The molecule has 3 heterocycles. The maximum Gasteiger partial charge on any atom is 0.157 e. The molecule has 1 fully saturated rings. The largest absolute Gasteiger partial charge is 0.355 e. The zero-order chi connectivity index (χ0) is 24.6. The number of anilines is 1. The molecular formula is C30H26ClN5. The van der Waals surface area contributed by atoms with E-state index in [1.165, 1.54) is 11.1 Å². The normalized spacial score (nSPS) is 15.3. The fourth-order valence-corrected chi connectivity index (χ4v) is 5.53. The molecule has 1 saturated heterocycles. The number of halogens is 1. The Morgan fingerprint density at radius 2 is 1.53 bits per heavy atom. The zero-order valence-electron chi connectivity index (χ0n) is 20.1.